The first-order valence-electron chi connectivity index (χ1n) is 12.4. The van der Waals surface area contributed by atoms with Gasteiger partial charge in [-0.1, -0.05) is 23.5 Å². The number of aromatic nitrogens is 1. The van der Waals surface area contributed by atoms with Crippen LogP contribution < -0.4 is 19.6 Å². The molecule has 3 heterocycles. The Balaban J connectivity index is 1.62. The molecule has 1 aliphatic heterocycles. The van der Waals surface area contributed by atoms with Crippen LogP contribution in [0.2, 0.25) is 0 Å². The fraction of sp³-hybridized carbons (Fsp3) is 0.207. The van der Waals surface area contributed by atoms with Gasteiger partial charge in [0, 0.05) is 23.8 Å². The van der Waals surface area contributed by atoms with E-state index in [-0.39, 0.29) is 23.4 Å². The number of carbonyl (C=O) groups is 1. The summed E-state index contributed by atoms with van der Waals surface area (Å²) in [5, 5.41) is 11.1. The second-order valence-electron chi connectivity index (χ2n) is 9.04. The summed E-state index contributed by atoms with van der Waals surface area (Å²) >= 11 is 1.19. The van der Waals surface area contributed by atoms with E-state index in [0.29, 0.717) is 49.0 Å². The Kier molecular flexibility index (Phi) is 7.22. The molecule has 0 aliphatic carbocycles. The van der Waals surface area contributed by atoms with Gasteiger partial charge in [-0.15, -0.1) is 0 Å². The van der Waals surface area contributed by atoms with Crippen molar-refractivity contribution in [3.05, 3.63) is 113 Å². The molecular weight excluding hydrogens is 534 g/mol. The standard InChI is InChI=1S/C29H25N3O7S/c1-5-38-28(34)25-17(3)30-29-31(26(25)18-7-6-8-20(14-18)37-4)27(33)24(40-29)15-21-10-12-23(39-21)22-11-9-19(32(35)36)13-16(22)2/h6-15,26H,5H2,1-4H3. The third-order valence-corrected chi connectivity index (χ3v) is 7.50. The number of hydrogen-bond donors (Lipinski definition) is 0. The van der Waals surface area contributed by atoms with Gasteiger partial charge < -0.3 is 13.9 Å². The molecule has 4 aromatic rings. The number of aryl methyl sites for hydroxylation is 1. The lowest BCUT2D eigenvalue weighted by Gasteiger charge is -2.24. The van der Waals surface area contributed by atoms with E-state index < -0.39 is 16.9 Å². The first-order chi connectivity index (χ1) is 19.2. The van der Waals surface area contributed by atoms with E-state index in [1.54, 1.807) is 70.4 Å². The van der Waals surface area contributed by atoms with Gasteiger partial charge >= 0.3 is 5.97 Å². The predicted octanol–water partition coefficient (Wildman–Crippen LogP) is 4.28. The minimum Gasteiger partial charge on any atom is -0.497 e. The van der Waals surface area contributed by atoms with Gasteiger partial charge in [-0.3, -0.25) is 19.5 Å². The minimum absolute atomic E-state index is 0.00258. The normalized spacial score (nSPS) is 15.0. The average Bonchev–Trinajstić information content (AvgIpc) is 3.52. The number of hydrogen-bond acceptors (Lipinski definition) is 9. The monoisotopic (exact) mass is 559 g/mol. The average molecular weight is 560 g/mol. The number of rotatable bonds is 7. The van der Waals surface area contributed by atoms with Gasteiger partial charge in [-0.2, -0.15) is 0 Å². The molecule has 40 heavy (non-hydrogen) atoms. The Bertz CT molecular complexity index is 1860. The quantitative estimate of drug-likeness (QED) is 0.188. The first-order valence-corrected chi connectivity index (χ1v) is 13.2. The van der Waals surface area contributed by atoms with Gasteiger partial charge in [0.2, 0.25) is 0 Å². The topological polar surface area (TPSA) is 126 Å². The number of carbonyl (C=O) groups excluding carboxylic acids is 1. The lowest BCUT2D eigenvalue weighted by Crippen LogP contribution is -2.39. The van der Waals surface area contributed by atoms with Crippen molar-refractivity contribution in [3.63, 3.8) is 0 Å². The molecular formula is C29H25N3O7S. The molecule has 1 unspecified atom stereocenters. The number of nitrogens with zero attached hydrogens (tertiary/aromatic N) is 3. The van der Waals surface area contributed by atoms with E-state index in [2.05, 4.69) is 4.99 Å². The van der Waals surface area contributed by atoms with Gasteiger partial charge in [0.15, 0.2) is 4.80 Å². The second kappa shape index (κ2) is 10.8. The van der Waals surface area contributed by atoms with Crippen LogP contribution in [0.25, 0.3) is 17.4 Å². The molecule has 0 spiro atoms. The Morgan fingerprint density at radius 1 is 1.20 bits per heavy atom. The fourth-order valence-corrected chi connectivity index (χ4v) is 5.69. The number of fused-ring (bicyclic) bond motifs is 1. The van der Waals surface area contributed by atoms with Crippen molar-refractivity contribution in [2.75, 3.05) is 13.7 Å². The summed E-state index contributed by atoms with van der Waals surface area (Å²) in [6.45, 7) is 5.39. The number of ether oxygens (including phenoxy) is 2. The zero-order valence-corrected chi connectivity index (χ0v) is 23.0. The predicted molar refractivity (Wildman–Crippen MR) is 149 cm³/mol. The van der Waals surface area contributed by atoms with Crippen LogP contribution in [0.15, 0.2) is 80.1 Å². The number of allylic oxidation sites excluding steroid dienone is 1. The summed E-state index contributed by atoms with van der Waals surface area (Å²) < 4.78 is 18.6. The number of nitro benzene ring substituents is 1. The van der Waals surface area contributed by atoms with E-state index in [9.17, 15) is 19.7 Å². The Morgan fingerprint density at radius 3 is 2.70 bits per heavy atom. The highest BCUT2D eigenvalue weighted by Crippen LogP contribution is 2.32. The third-order valence-electron chi connectivity index (χ3n) is 6.51. The molecule has 2 aromatic carbocycles. The van der Waals surface area contributed by atoms with Crippen LogP contribution in [0.5, 0.6) is 5.75 Å². The zero-order chi connectivity index (χ0) is 28.6. The van der Waals surface area contributed by atoms with Crippen molar-refractivity contribution in [3.8, 4) is 17.1 Å². The Hall–Kier alpha value is -4.77. The maximum Gasteiger partial charge on any atom is 0.338 e. The lowest BCUT2D eigenvalue weighted by atomic mass is 9.95. The van der Waals surface area contributed by atoms with Gasteiger partial charge in [0.1, 0.15) is 17.3 Å². The van der Waals surface area contributed by atoms with Crippen LogP contribution in [-0.2, 0) is 9.53 Å². The number of methoxy groups -OCH3 is 1. The third kappa shape index (κ3) is 4.87. The SMILES string of the molecule is CCOC(=O)C1=C(C)N=c2sc(=Cc3ccc(-c4ccc([N+](=O)[O-])cc4C)o3)c(=O)n2C1c1cccc(OC)c1. The molecule has 0 radical (unpaired) electrons. The molecule has 0 fully saturated rings. The summed E-state index contributed by atoms with van der Waals surface area (Å²) in [5.74, 6) is 0.987. The molecule has 1 atom stereocenters. The molecule has 0 N–H and O–H groups in total. The maximum atomic E-state index is 13.8. The first kappa shape index (κ1) is 26.8. The highest BCUT2D eigenvalue weighted by Gasteiger charge is 2.33. The molecule has 1 aliphatic rings. The number of benzene rings is 2. The number of furan rings is 1. The molecule has 5 rings (SSSR count). The molecule has 0 saturated carbocycles. The van der Waals surface area contributed by atoms with Crippen molar-refractivity contribution in [2.24, 2.45) is 4.99 Å². The van der Waals surface area contributed by atoms with Crippen molar-refractivity contribution in [1.29, 1.82) is 0 Å². The molecule has 11 heteroatoms. The molecule has 204 valence electrons. The lowest BCUT2D eigenvalue weighted by molar-refractivity contribution is -0.384. The number of nitro groups is 1. The molecule has 10 nitrogen and oxygen atoms in total. The number of non-ortho nitro benzene ring substituents is 1. The van der Waals surface area contributed by atoms with Gasteiger partial charge in [-0.05, 0) is 62.2 Å². The summed E-state index contributed by atoms with van der Waals surface area (Å²) in [6, 6.07) is 14.4. The van der Waals surface area contributed by atoms with E-state index in [1.807, 2.05) is 6.07 Å². The van der Waals surface area contributed by atoms with E-state index in [4.69, 9.17) is 13.9 Å². The largest absolute Gasteiger partial charge is 0.497 e. The van der Waals surface area contributed by atoms with Crippen LogP contribution >= 0.6 is 11.3 Å². The second-order valence-corrected chi connectivity index (χ2v) is 10.0. The van der Waals surface area contributed by atoms with E-state index in [1.165, 1.54) is 28.0 Å². The summed E-state index contributed by atoms with van der Waals surface area (Å²) in [7, 11) is 1.55. The van der Waals surface area contributed by atoms with Crippen LogP contribution in [0.4, 0.5) is 5.69 Å². The smallest absolute Gasteiger partial charge is 0.338 e. The van der Waals surface area contributed by atoms with Crippen molar-refractivity contribution >= 4 is 29.1 Å². The Morgan fingerprint density at radius 2 is 2.00 bits per heavy atom. The summed E-state index contributed by atoms with van der Waals surface area (Å²) in [6.07, 6.45) is 1.63. The molecule has 0 saturated heterocycles. The van der Waals surface area contributed by atoms with E-state index >= 15 is 0 Å². The molecule has 0 amide bonds. The van der Waals surface area contributed by atoms with E-state index in [0.717, 1.165) is 0 Å². The fourth-order valence-electron chi connectivity index (χ4n) is 4.66. The maximum absolute atomic E-state index is 13.8. The number of thiazole rings is 1. The van der Waals surface area contributed by atoms with Crippen molar-refractivity contribution in [2.45, 2.75) is 26.8 Å². The van der Waals surface area contributed by atoms with Crippen molar-refractivity contribution in [1.82, 2.24) is 4.57 Å². The summed E-state index contributed by atoms with van der Waals surface area (Å²) in [5.41, 5.74) is 2.48. The van der Waals surface area contributed by atoms with Gasteiger partial charge in [0.05, 0.1) is 40.5 Å². The number of esters is 1. The van der Waals surface area contributed by atoms with Gasteiger partial charge in [0.25, 0.3) is 11.2 Å². The summed E-state index contributed by atoms with van der Waals surface area (Å²) in [4.78, 5) is 42.5. The van der Waals surface area contributed by atoms with Crippen molar-refractivity contribution < 1.29 is 23.6 Å². The van der Waals surface area contributed by atoms with Crippen LogP contribution in [0.1, 0.15) is 36.8 Å². The van der Waals surface area contributed by atoms with Gasteiger partial charge in [-0.25, -0.2) is 9.79 Å². The highest BCUT2D eigenvalue weighted by molar-refractivity contribution is 7.07. The molecule has 2 aromatic heterocycles. The van der Waals surface area contributed by atoms with Crippen LogP contribution in [0.3, 0.4) is 0 Å². The minimum atomic E-state index is -0.762. The Labute approximate surface area is 232 Å². The zero-order valence-electron chi connectivity index (χ0n) is 22.2. The highest BCUT2D eigenvalue weighted by atomic mass is 32.1. The molecule has 0 bridgehead atoms. The van der Waals surface area contributed by atoms with Crippen LogP contribution in [-0.4, -0.2) is 29.2 Å². The van der Waals surface area contributed by atoms with Crippen LogP contribution in [0, 0.1) is 17.0 Å².